The van der Waals surface area contributed by atoms with Crippen molar-refractivity contribution >= 4 is 22.6 Å². The van der Waals surface area contributed by atoms with Gasteiger partial charge in [-0.3, -0.25) is 14.5 Å². The van der Waals surface area contributed by atoms with E-state index in [1.54, 1.807) is 19.1 Å². The second kappa shape index (κ2) is 8.49. The van der Waals surface area contributed by atoms with Crippen LogP contribution in [0.3, 0.4) is 0 Å². The van der Waals surface area contributed by atoms with Gasteiger partial charge < -0.3 is 14.6 Å². The number of nitrogens with one attached hydrogen (secondary N) is 1. The number of amides is 2. The van der Waals surface area contributed by atoms with Crippen molar-refractivity contribution in [3.05, 3.63) is 72.2 Å². The van der Waals surface area contributed by atoms with Crippen molar-refractivity contribution in [2.24, 2.45) is 0 Å². The van der Waals surface area contributed by atoms with Crippen LogP contribution in [0.2, 0.25) is 0 Å². The lowest BCUT2D eigenvalue weighted by atomic mass is 10.0. The zero-order chi connectivity index (χ0) is 20.2. The maximum atomic E-state index is 12.7. The Hall–Kier alpha value is -3.12. The molecule has 2 aromatic carbocycles. The van der Waals surface area contributed by atoms with E-state index in [0.717, 1.165) is 19.6 Å². The summed E-state index contributed by atoms with van der Waals surface area (Å²) >= 11 is 0. The van der Waals surface area contributed by atoms with E-state index in [-0.39, 0.29) is 17.6 Å². The van der Waals surface area contributed by atoms with Crippen molar-refractivity contribution in [3.63, 3.8) is 0 Å². The summed E-state index contributed by atoms with van der Waals surface area (Å²) in [5.74, 6) is -0.218. The molecule has 1 aliphatic rings. The average molecular weight is 391 g/mol. The predicted molar refractivity (Wildman–Crippen MR) is 111 cm³/mol. The number of carbonyl (C=O) groups is 2. The number of fused-ring (bicyclic) bond motifs is 1. The molecule has 29 heavy (non-hydrogen) atoms. The fourth-order valence-electron chi connectivity index (χ4n) is 3.81. The van der Waals surface area contributed by atoms with Gasteiger partial charge in [-0.25, -0.2) is 0 Å². The summed E-state index contributed by atoms with van der Waals surface area (Å²) in [4.78, 5) is 29.0. The fourth-order valence-corrected chi connectivity index (χ4v) is 3.81. The molecule has 1 fully saturated rings. The highest BCUT2D eigenvalue weighted by atomic mass is 16.3. The van der Waals surface area contributed by atoms with Gasteiger partial charge in [0.2, 0.25) is 5.91 Å². The molecule has 0 aliphatic carbocycles. The molecule has 6 nitrogen and oxygen atoms in total. The minimum absolute atomic E-state index is 0.0604. The zero-order valence-electron chi connectivity index (χ0n) is 16.5. The summed E-state index contributed by atoms with van der Waals surface area (Å²) in [6.07, 6.45) is 1.44. The third kappa shape index (κ3) is 4.32. The third-order valence-corrected chi connectivity index (χ3v) is 5.42. The predicted octanol–water partition coefficient (Wildman–Crippen LogP) is 2.90. The van der Waals surface area contributed by atoms with Crippen LogP contribution in [-0.2, 0) is 11.3 Å². The maximum absolute atomic E-state index is 12.7. The lowest BCUT2D eigenvalue weighted by Crippen LogP contribution is -2.53. The zero-order valence-corrected chi connectivity index (χ0v) is 16.5. The molecule has 0 bridgehead atoms. The number of hydrogen-bond acceptors (Lipinski definition) is 4. The van der Waals surface area contributed by atoms with Crippen LogP contribution in [0.25, 0.3) is 10.8 Å². The minimum atomic E-state index is -0.586. The van der Waals surface area contributed by atoms with Crippen molar-refractivity contribution in [3.8, 4) is 0 Å². The van der Waals surface area contributed by atoms with Gasteiger partial charge in [-0.1, -0.05) is 42.5 Å². The summed E-state index contributed by atoms with van der Waals surface area (Å²) in [5, 5.41) is 5.24. The number of carbonyl (C=O) groups excluding carboxylic acids is 2. The molecule has 3 aromatic rings. The summed E-state index contributed by atoms with van der Waals surface area (Å²) in [7, 11) is 0. The van der Waals surface area contributed by atoms with Gasteiger partial charge in [-0.05, 0) is 35.4 Å². The van der Waals surface area contributed by atoms with Crippen LogP contribution in [0.1, 0.15) is 23.0 Å². The van der Waals surface area contributed by atoms with Crippen molar-refractivity contribution in [1.82, 2.24) is 15.1 Å². The van der Waals surface area contributed by atoms with Gasteiger partial charge >= 0.3 is 0 Å². The first-order valence-electron chi connectivity index (χ1n) is 9.94. The molecule has 150 valence electrons. The molecule has 1 aliphatic heterocycles. The van der Waals surface area contributed by atoms with Gasteiger partial charge in [-0.2, -0.15) is 0 Å². The molecule has 6 heteroatoms. The molecule has 1 aromatic heterocycles. The Morgan fingerprint density at radius 3 is 2.52 bits per heavy atom. The first-order chi connectivity index (χ1) is 14.1. The van der Waals surface area contributed by atoms with Gasteiger partial charge in [0.15, 0.2) is 5.76 Å². The van der Waals surface area contributed by atoms with Crippen molar-refractivity contribution in [2.45, 2.75) is 19.5 Å². The summed E-state index contributed by atoms with van der Waals surface area (Å²) in [6, 6.07) is 17.5. The molecule has 2 amide bonds. The van der Waals surface area contributed by atoms with E-state index >= 15 is 0 Å². The molecule has 0 spiro atoms. The van der Waals surface area contributed by atoms with Crippen LogP contribution >= 0.6 is 0 Å². The van der Waals surface area contributed by atoms with Gasteiger partial charge in [0.05, 0.1) is 6.26 Å². The smallest absolute Gasteiger partial charge is 0.287 e. The van der Waals surface area contributed by atoms with E-state index in [1.807, 2.05) is 4.90 Å². The summed E-state index contributed by atoms with van der Waals surface area (Å²) < 4.78 is 5.08. The second-order valence-corrected chi connectivity index (χ2v) is 7.41. The van der Waals surface area contributed by atoms with Crippen molar-refractivity contribution in [1.29, 1.82) is 0 Å². The van der Waals surface area contributed by atoms with E-state index in [9.17, 15) is 9.59 Å². The van der Waals surface area contributed by atoms with Gasteiger partial charge in [-0.15, -0.1) is 0 Å². The van der Waals surface area contributed by atoms with Crippen LogP contribution in [0.4, 0.5) is 0 Å². The normalized spacial score (nSPS) is 16.0. The van der Waals surface area contributed by atoms with Crippen molar-refractivity contribution < 1.29 is 14.0 Å². The average Bonchev–Trinajstić information content (AvgIpc) is 3.29. The molecule has 1 atom stereocenters. The quantitative estimate of drug-likeness (QED) is 0.726. The highest BCUT2D eigenvalue weighted by Gasteiger charge is 2.26. The summed E-state index contributed by atoms with van der Waals surface area (Å²) in [5.41, 5.74) is 1.31. The Kier molecular flexibility index (Phi) is 5.62. The number of nitrogens with zero attached hydrogens (tertiary/aromatic N) is 2. The molecule has 2 heterocycles. The van der Waals surface area contributed by atoms with Crippen LogP contribution in [0.15, 0.2) is 65.3 Å². The lowest BCUT2D eigenvalue weighted by molar-refractivity contribution is -0.134. The molecule has 1 unspecified atom stereocenters. The van der Waals surface area contributed by atoms with E-state index in [0.29, 0.717) is 13.1 Å². The van der Waals surface area contributed by atoms with Gasteiger partial charge in [0.1, 0.15) is 6.04 Å². The Balaban J connectivity index is 1.32. The molecular formula is C23H25N3O3. The Morgan fingerprint density at radius 1 is 1.00 bits per heavy atom. The molecule has 4 rings (SSSR count). The van der Waals surface area contributed by atoms with Crippen molar-refractivity contribution in [2.75, 3.05) is 26.2 Å². The number of hydrogen-bond donors (Lipinski definition) is 1. The maximum Gasteiger partial charge on any atom is 0.287 e. The van der Waals surface area contributed by atoms with E-state index in [1.165, 1.54) is 22.6 Å². The van der Waals surface area contributed by atoms with Crippen LogP contribution in [-0.4, -0.2) is 53.8 Å². The highest BCUT2D eigenvalue weighted by molar-refractivity contribution is 5.95. The standard InChI is InChI=1S/C23H25N3O3/c1-17(24-22(27)21-10-5-15-29-21)23(28)26-13-11-25(12-14-26)16-19-8-4-7-18-6-2-3-9-20(18)19/h2-10,15,17H,11-14,16H2,1H3,(H,24,27). The number of rotatable bonds is 5. The van der Waals surface area contributed by atoms with Crippen LogP contribution in [0, 0.1) is 0 Å². The number of furan rings is 1. The molecular weight excluding hydrogens is 366 g/mol. The number of piperazine rings is 1. The Bertz CT molecular complexity index is 986. The Labute approximate surface area is 170 Å². The third-order valence-electron chi connectivity index (χ3n) is 5.42. The van der Waals surface area contributed by atoms with Crippen LogP contribution < -0.4 is 5.32 Å². The fraction of sp³-hybridized carbons (Fsp3) is 0.304. The summed E-state index contributed by atoms with van der Waals surface area (Å²) in [6.45, 7) is 5.52. The van der Waals surface area contributed by atoms with E-state index < -0.39 is 6.04 Å². The first-order valence-corrected chi connectivity index (χ1v) is 9.94. The topological polar surface area (TPSA) is 65.8 Å². The van der Waals surface area contributed by atoms with Crippen LogP contribution in [0.5, 0.6) is 0 Å². The molecule has 1 saturated heterocycles. The SMILES string of the molecule is CC(NC(=O)c1ccco1)C(=O)N1CCN(Cc2cccc3ccccc23)CC1. The minimum Gasteiger partial charge on any atom is -0.459 e. The first kappa shape index (κ1) is 19.2. The van der Waals surface area contributed by atoms with Gasteiger partial charge in [0.25, 0.3) is 5.91 Å². The Morgan fingerprint density at radius 2 is 1.76 bits per heavy atom. The molecule has 0 radical (unpaired) electrons. The monoisotopic (exact) mass is 391 g/mol. The van der Waals surface area contributed by atoms with Gasteiger partial charge in [0, 0.05) is 32.7 Å². The lowest BCUT2D eigenvalue weighted by Gasteiger charge is -2.36. The second-order valence-electron chi connectivity index (χ2n) is 7.41. The van der Waals surface area contributed by atoms with E-state index in [2.05, 4.69) is 52.7 Å². The highest BCUT2D eigenvalue weighted by Crippen LogP contribution is 2.20. The largest absolute Gasteiger partial charge is 0.459 e. The number of benzene rings is 2. The molecule has 1 N–H and O–H groups in total. The molecule has 0 saturated carbocycles. The van der Waals surface area contributed by atoms with E-state index in [4.69, 9.17) is 4.42 Å².